The standard InChI is InChI=1S/C13H15N3O2S/c1-2-18-13(17)15-8-5-12-16-11(9-19-12)10-3-6-14-7-4-10/h3-4,6-7,9H,2,5,8H2,1H3,(H,15,17). The maximum Gasteiger partial charge on any atom is 0.407 e. The van der Waals surface area contributed by atoms with E-state index >= 15 is 0 Å². The van der Waals surface area contributed by atoms with Gasteiger partial charge in [0, 0.05) is 36.3 Å². The highest BCUT2D eigenvalue weighted by Gasteiger charge is 2.05. The lowest BCUT2D eigenvalue weighted by atomic mass is 10.2. The number of hydrogen-bond acceptors (Lipinski definition) is 5. The Hall–Kier alpha value is -1.95. The van der Waals surface area contributed by atoms with Crippen molar-refractivity contribution in [3.8, 4) is 11.3 Å². The predicted octanol–water partition coefficient (Wildman–Crippen LogP) is 2.49. The van der Waals surface area contributed by atoms with Gasteiger partial charge >= 0.3 is 6.09 Å². The second-order valence-corrected chi connectivity index (χ2v) is 4.70. The fraction of sp³-hybridized carbons (Fsp3) is 0.308. The fourth-order valence-corrected chi connectivity index (χ4v) is 2.34. The van der Waals surface area contributed by atoms with E-state index in [0.717, 1.165) is 16.3 Å². The Labute approximate surface area is 115 Å². The Kier molecular flexibility index (Phi) is 4.85. The van der Waals surface area contributed by atoms with Crippen molar-refractivity contribution in [2.24, 2.45) is 0 Å². The third kappa shape index (κ3) is 4.03. The monoisotopic (exact) mass is 277 g/mol. The van der Waals surface area contributed by atoms with E-state index in [1.807, 2.05) is 17.5 Å². The van der Waals surface area contributed by atoms with Crippen molar-refractivity contribution in [2.45, 2.75) is 13.3 Å². The van der Waals surface area contributed by atoms with Crippen LogP contribution >= 0.6 is 11.3 Å². The minimum atomic E-state index is -0.381. The van der Waals surface area contributed by atoms with Crippen molar-refractivity contribution in [1.29, 1.82) is 0 Å². The van der Waals surface area contributed by atoms with Crippen molar-refractivity contribution < 1.29 is 9.53 Å². The molecule has 0 saturated carbocycles. The first-order valence-electron chi connectivity index (χ1n) is 6.05. The minimum absolute atomic E-state index is 0.381. The lowest BCUT2D eigenvalue weighted by Crippen LogP contribution is -2.26. The second kappa shape index (κ2) is 6.84. The molecule has 6 heteroatoms. The number of carbonyl (C=O) groups excluding carboxylic acids is 1. The van der Waals surface area contributed by atoms with Crippen LogP contribution in [0, 0.1) is 0 Å². The Bertz CT molecular complexity index is 528. The zero-order valence-corrected chi connectivity index (χ0v) is 11.4. The van der Waals surface area contributed by atoms with Crippen LogP contribution in [0.3, 0.4) is 0 Å². The molecular formula is C13H15N3O2S. The quantitative estimate of drug-likeness (QED) is 0.912. The van der Waals surface area contributed by atoms with Crippen molar-refractivity contribution in [3.63, 3.8) is 0 Å². The molecule has 1 amide bonds. The van der Waals surface area contributed by atoms with E-state index in [-0.39, 0.29) is 6.09 Å². The molecule has 0 spiro atoms. The molecule has 0 aromatic carbocycles. The largest absolute Gasteiger partial charge is 0.450 e. The molecule has 2 aromatic rings. The van der Waals surface area contributed by atoms with E-state index < -0.39 is 0 Å². The van der Waals surface area contributed by atoms with Crippen LogP contribution in [0.1, 0.15) is 11.9 Å². The summed E-state index contributed by atoms with van der Waals surface area (Å²) in [5.74, 6) is 0. The first-order valence-corrected chi connectivity index (χ1v) is 6.93. The SMILES string of the molecule is CCOC(=O)NCCc1nc(-c2ccncc2)cs1. The molecule has 2 heterocycles. The first-order chi connectivity index (χ1) is 9.29. The zero-order valence-electron chi connectivity index (χ0n) is 10.6. The van der Waals surface area contributed by atoms with Gasteiger partial charge in [-0.15, -0.1) is 11.3 Å². The molecule has 0 aliphatic rings. The summed E-state index contributed by atoms with van der Waals surface area (Å²) in [6.07, 6.45) is 3.82. The molecule has 0 radical (unpaired) electrons. The number of hydrogen-bond donors (Lipinski definition) is 1. The van der Waals surface area contributed by atoms with Gasteiger partial charge in [0.25, 0.3) is 0 Å². The Morgan fingerprint density at radius 2 is 2.21 bits per heavy atom. The lowest BCUT2D eigenvalue weighted by Gasteiger charge is -2.03. The maximum atomic E-state index is 11.1. The van der Waals surface area contributed by atoms with Crippen LogP contribution in [-0.2, 0) is 11.2 Å². The van der Waals surface area contributed by atoms with Crippen LogP contribution in [0.4, 0.5) is 4.79 Å². The summed E-state index contributed by atoms with van der Waals surface area (Å²) in [7, 11) is 0. The van der Waals surface area contributed by atoms with Gasteiger partial charge in [-0.3, -0.25) is 4.98 Å². The van der Waals surface area contributed by atoms with E-state index in [1.165, 1.54) is 0 Å². The molecule has 0 saturated heterocycles. The fourth-order valence-electron chi connectivity index (χ4n) is 1.53. The number of pyridine rings is 1. The molecule has 19 heavy (non-hydrogen) atoms. The maximum absolute atomic E-state index is 11.1. The van der Waals surface area contributed by atoms with Gasteiger partial charge in [-0.05, 0) is 19.1 Å². The average molecular weight is 277 g/mol. The van der Waals surface area contributed by atoms with Crippen molar-refractivity contribution in [2.75, 3.05) is 13.2 Å². The summed E-state index contributed by atoms with van der Waals surface area (Å²) in [5, 5.41) is 5.68. The Morgan fingerprint density at radius 1 is 1.42 bits per heavy atom. The van der Waals surface area contributed by atoms with Gasteiger partial charge in [-0.2, -0.15) is 0 Å². The van der Waals surface area contributed by atoms with E-state index in [9.17, 15) is 4.79 Å². The van der Waals surface area contributed by atoms with Gasteiger partial charge in [0.2, 0.25) is 0 Å². The van der Waals surface area contributed by atoms with E-state index in [4.69, 9.17) is 4.74 Å². The summed E-state index contributed by atoms with van der Waals surface area (Å²) in [5.41, 5.74) is 1.99. The summed E-state index contributed by atoms with van der Waals surface area (Å²) < 4.78 is 4.78. The highest BCUT2D eigenvalue weighted by Crippen LogP contribution is 2.21. The van der Waals surface area contributed by atoms with Crippen LogP contribution in [0.15, 0.2) is 29.9 Å². The number of alkyl carbamates (subject to hydrolysis) is 1. The number of ether oxygens (including phenoxy) is 1. The molecule has 0 fully saturated rings. The summed E-state index contributed by atoms with van der Waals surface area (Å²) >= 11 is 1.59. The number of rotatable bonds is 5. The van der Waals surface area contributed by atoms with Gasteiger partial charge in [-0.1, -0.05) is 0 Å². The molecule has 100 valence electrons. The third-order valence-electron chi connectivity index (χ3n) is 2.41. The van der Waals surface area contributed by atoms with Gasteiger partial charge in [0.05, 0.1) is 17.3 Å². The molecule has 0 bridgehead atoms. The molecular weight excluding hydrogens is 262 g/mol. The van der Waals surface area contributed by atoms with E-state index in [2.05, 4.69) is 15.3 Å². The molecule has 5 nitrogen and oxygen atoms in total. The smallest absolute Gasteiger partial charge is 0.407 e. The van der Waals surface area contributed by atoms with Gasteiger partial charge in [-0.25, -0.2) is 9.78 Å². The molecule has 0 atom stereocenters. The van der Waals surface area contributed by atoms with Crippen molar-refractivity contribution in [3.05, 3.63) is 34.9 Å². The molecule has 2 aromatic heterocycles. The highest BCUT2D eigenvalue weighted by molar-refractivity contribution is 7.09. The highest BCUT2D eigenvalue weighted by atomic mass is 32.1. The van der Waals surface area contributed by atoms with E-state index in [1.54, 1.807) is 30.7 Å². The zero-order chi connectivity index (χ0) is 13.5. The normalized spacial score (nSPS) is 10.2. The minimum Gasteiger partial charge on any atom is -0.450 e. The molecule has 0 unspecified atom stereocenters. The average Bonchev–Trinajstić information content (AvgIpc) is 2.89. The van der Waals surface area contributed by atoms with Crippen LogP contribution in [0.2, 0.25) is 0 Å². The number of aromatic nitrogens is 2. The van der Waals surface area contributed by atoms with Crippen molar-refractivity contribution in [1.82, 2.24) is 15.3 Å². The van der Waals surface area contributed by atoms with Crippen LogP contribution in [0.25, 0.3) is 11.3 Å². The molecule has 1 N–H and O–H groups in total. The van der Waals surface area contributed by atoms with Gasteiger partial charge in [0.1, 0.15) is 0 Å². The second-order valence-electron chi connectivity index (χ2n) is 3.76. The van der Waals surface area contributed by atoms with Crippen LogP contribution < -0.4 is 5.32 Å². The number of amides is 1. The predicted molar refractivity (Wildman–Crippen MR) is 74.1 cm³/mol. The lowest BCUT2D eigenvalue weighted by molar-refractivity contribution is 0.152. The number of nitrogens with zero attached hydrogens (tertiary/aromatic N) is 2. The first kappa shape index (κ1) is 13.5. The van der Waals surface area contributed by atoms with Gasteiger partial charge in [0.15, 0.2) is 0 Å². The van der Waals surface area contributed by atoms with E-state index in [0.29, 0.717) is 19.6 Å². The summed E-state index contributed by atoms with van der Waals surface area (Å²) in [4.78, 5) is 19.6. The van der Waals surface area contributed by atoms with Gasteiger partial charge < -0.3 is 10.1 Å². The molecule has 0 aliphatic carbocycles. The molecule has 0 aliphatic heterocycles. The molecule has 2 rings (SSSR count). The Morgan fingerprint density at radius 3 is 2.95 bits per heavy atom. The Balaban J connectivity index is 1.86. The number of nitrogens with one attached hydrogen (secondary N) is 1. The van der Waals surface area contributed by atoms with Crippen LogP contribution in [-0.4, -0.2) is 29.2 Å². The van der Waals surface area contributed by atoms with Crippen LogP contribution in [0.5, 0.6) is 0 Å². The van der Waals surface area contributed by atoms with Crippen molar-refractivity contribution >= 4 is 17.4 Å². The number of carbonyl (C=O) groups is 1. The summed E-state index contributed by atoms with van der Waals surface area (Å²) in [6, 6.07) is 3.85. The number of thiazole rings is 1. The summed E-state index contributed by atoms with van der Waals surface area (Å²) in [6.45, 7) is 2.69. The topological polar surface area (TPSA) is 64.1 Å². The third-order valence-corrected chi connectivity index (χ3v) is 3.32.